The third kappa shape index (κ3) is 8.85. The van der Waals surface area contributed by atoms with Crippen molar-refractivity contribution in [2.75, 3.05) is 25.2 Å². The molecule has 2 nitrogen and oxygen atoms in total. The maximum absolute atomic E-state index is 5.55. The molecule has 14 heavy (non-hydrogen) atoms. The number of nitrogens with one attached hydrogen (secondary N) is 1. The van der Waals surface area contributed by atoms with Gasteiger partial charge in [-0.2, -0.15) is 11.8 Å². The van der Waals surface area contributed by atoms with Crippen molar-refractivity contribution < 1.29 is 4.74 Å². The second-order valence-electron chi connectivity index (χ2n) is 3.81. The molecule has 1 unspecified atom stereocenters. The van der Waals surface area contributed by atoms with Crippen molar-refractivity contribution >= 4 is 11.8 Å². The average molecular weight is 219 g/mol. The summed E-state index contributed by atoms with van der Waals surface area (Å²) in [5, 5.41) is 3.54. The zero-order chi connectivity index (χ0) is 10.8. The molecule has 0 aromatic heterocycles. The predicted octanol–water partition coefficient (Wildman–Crippen LogP) is 2.53. The molecule has 0 aliphatic heterocycles. The van der Waals surface area contributed by atoms with Gasteiger partial charge in [-0.1, -0.05) is 6.92 Å². The van der Waals surface area contributed by atoms with E-state index in [9.17, 15) is 0 Å². The molecular formula is C11H25NOS. The van der Waals surface area contributed by atoms with Crippen LogP contribution in [0.5, 0.6) is 0 Å². The fourth-order valence-corrected chi connectivity index (χ4v) is 1.93. The van der Waals surface area contributed by atoms with Crippen LogP contribution in [-0.4, -0.2) is 37.3 Å². The highest BCUT2D eigenvalue weighted by Crippen LogP contribution is 2.03. The summed E-state index contributed by atoms with van der Waals surface area (Å²) in [6.45, 7) is 8.37. The van der Waals surface area contributed by atoms with Gasteiger partial charge in [0.1, 0.15) is 0 Å². The molecule has 0 aromatic carbocycles. The van der Waals surface area contributed by atoms with E-state index in [-0.39, 0.29) is 0 Å². The van der Waals surface area contributed by atoms with Gasteiger partial charge in [-0.05, 0) is 39.5 Å². The van der Waals surface area contributed by atoms with Gasteiger partial charge < -0.3 is 10.1 Å². The lowest BCUT2D eigenvalue weighted by Gasteiger charge is -2.18. The van der Waals surface area contributed by atoms with E-state index in [1.165, 1.54) is 12.2 Å². The molecule has 0 aliphatic carbocycles. The first kappa shape index (κ1) is 14.3. The van der Waals surface area contributed by atoms with Crippen molar-refractivity contribution in [3.8, 4) is 0 Å². The molecule has 0 amide bonds. The molecule has 0 aliphatic rings. The van der Waals surface area contributed by atoms with E-state index in [0.29, 0.717) is 12.1 Å². The van der Waals surface area contributed by atoms with E-state index in [1.54, 1.807) is 0 Å². The first-order chi connectivity index (χ1) is 6.70. The number of rotatable bonds is 9. The molecule has 0 saturated carbocycles. The molecule has 0 fully saturated rings. The van der Waals surface area contributed by atoms with Gasteiger partial charge in [-0.15, -0.1) is 0 Å². The fraction of sp³-hybridized carbons (Fsp3) is 1.00. The van der Waals surface area contributed by atoms with Gasteiger partial charge in [0, 0.05) is 18.4 Å². The minimum absolute atomic E-state index is 0.358. The number of thioether (sulfide) groups is 1. The molecule has 0 saturated heterocycles. The summed E-state index contributed by atoms with van der Waals surface area (Å²) in [6, 6.07) is 0.615. The van der Waals surface area contributed by atoms with Crippen molar-refractivity contribution in [3.63, 3.8) is 0 Å². The van der Waals surface area contributed by atoms with Crippen LogP contribution in [0, 0.1) is 0 Å². The first-order valence-corrected chi connectivity index (χ1v) is 6.94. The van der Waals surface area contributed by atoms with Gasteiger partial charge in [0.15, 0.2) is 0 Å². The third-order valence-electron chi connectivity index (χ3n) is 1.97. The Hall–Kier alpha value is 0.270. The SMILES string of the molecule is CCCNC(CCOC(C)C)CSC. The van der Waals surface area contributed by atoms with E-state index in [0.717, 1.165) is 19.6 Å². The summed E-state index contributed by atoms with van der Waals surface area (Å²) < 4.78 is 5.55. The van der Waals surface area contributed by atoms with Crippen molar-refractivity contribution in [2.45, 2.75) is 45.8 Å². The lowest BCUT2D eigenvalue weighted by molar-refractivity contribution is 0.0728. The molecule has 0 rings (SSSR count). The molecule has 0 aromatic rings. The van der Waals surface area contributed by atoms with Gasteiger partial charge in [0.2, 0.25) is 0 Å². The lowest BCUT2D eigenvalue weighted by Crippen LogP contribution is -2.33. The van der Waals surface area contributed by atoms with Gasteiger partial charge in [-0.3, -0.25) is 0 Å². The zero-order valence-electron chi connectivity index (χ0n) is 10.0. The summed E-state index contributed by atoms with van der Waals surface area (Å²) in [6.07, 6.45) is 4.84. The highest BCUT2D eigenvalue weighted by Gasteiger charge is 2.06. The highest BCUT2D eigenvalue weighted by molar-refractivity contribution is 7.98. The summed E-state index contributed by atoms with van der Waals surface area (Å²) >= 11 is 1.90. The quantitative estimate of drug-likeness (QED) is 0.644. The minimum Gasteiger partial charge on any atom is -0.379 e. The Kier molecular flexibility index (Phi) is 10.0. The second-order valence-corrected chi connectivity index (χ2v) is 4.73. The van der Waals surface area contributed by atoms with E-state index >= 15 is 0 Å². The van der Waals surface area contributed by atoms with Crippen LogP contribution in [0.4, 0.5) is 0 Å². The van der Waals surface area contributed by atoms with Gasteiger partial charge in [-0.25, -0.2) is 0 Å². The number of ether oxygens (including phenoxy) is 1. The van der Waals surface area contributed by atoms with Crippen LogP contribution in [0.15, 0.2) is 0 Å². The van der Waals surface area contributed by atoms with Crippen LogP contribution in [0.1, 0.15) is 33.6 Å². The molecule has 0 bridgehead atoms. The normalized spacial score (nSPS) is 13.5. The fourth-order valence-electron chi connectivity index (χ4n) is 1.24. The van der Waals surface area contributed by atoms with Crippen LogP contribution >= 0.6 is 11.8 Å². The summed E-state index contributed by atoms with van der Waals surface area (Å²) in [7, 11) is 0. The predicted molar refractivity (Wildman–Crippen MR) is 66.2 cm³/mol. The van der Waals surface area contributed by atoms with Crippen LogP contribution < -0.4 is 5.32 Å². The largest absolute Gasteiger partial charge is 0.379 e. The summed E-state index contributed by atoms with van der Waals surface area (Å²) in [4.78, 5) is 0. The topological polar surface area (TPSA) is 21.3 Å². The summed E-state index contributed by atoms with van der Waals surface area (Å²) in [5.41, 5.74) is 0. The Labute approximate surface area is 93.2 Å². The van der Waals surface area contributed by atoms with Crippen molar-refractivity contribution in [1.29, 1.82) is 0 Å². The van der Waals surface area contributed by atoms with Crippen molar-refractivity contribution in [2.24, 2.45) is 0 Å². The van der Waals surface area contributed by atoms with Crippen LogP contribution in [-0.2, 0) is 4.74 Å². The van der Waals surface area contributed by atoms with Crippen LogP contribution in [0.25, 0.3) is 0 Å². The maximum Gasteiger partial charge on any atom is 0.0518 e. The zero-order valence-corrected chi connectivity index (χ0v) is 10.8. The Morgan fingerprint density at radius 3 is 2.57 bits per heavy atom. The van der Waals surface area contributed by atoms with Crippen molar-refractivity contribution in [3.05, 3.63) is 0 Å². The maximum atomic E-state index is 5.55. The molecule has 1 N–H and O–H groups in total. The van der Waals surface area contributed by atoms with E-state index in [1.807, 2.05) is 11.8 Å². The van der Waals surface area contributed by atoms with Gasteiger partial charge in [0.25, 0.3) is 0 Å². The van der Waals surface area contributed by atoms with E-state index < -0.39 is 0 Å². The lowest BCUT2D eigenvalue weighted by atomic mass is 10.2. The highest BCUT2D eigenvalue weighted by atomic mass is 32.2. The monoisotopic (exact) mass is 219 g/mol. The second kappa shape index (κ2) is 9.81. The molecule has 0 radical (unpaired) electrons. The molecule has 1 atom stereocenters. The van der Waals surface area contributed by atoms with E-state index in [4.69, 9.17) is 4.74 Å². The third-order valence-corrected chi connectivity index (χ3v) is 2.70. The average Bonchev–Trinajstić information content (AvgIpc) is 2.13. The standard InChI is InChI=1S/C11H25NOS/c1-5-7-12-11(9-14-4)6-8-13-10(2)3/h10-12H,5-9H2,1-4H3. The summed E-state index contributed by atoms with van der Waals surface area (Å²) in [5.74, 6) is 1.18. The number of hydrogen-bond donors (Lipinski definition) is 1. The molecule has 0 heterocycles. The Morgan fingerprint density at radius 2 is 2.07 bits per heavy atom. The Morgan fingerprint density at radius 1 is 1.36 bits per heavy atom. The first-order valence-electron chi connectivity index (χ1n) is 5.54. The number of hydrogen-bond acceptors (Lipinski definition) is 3. The van der Waals surface area contributed by atoms with Gasteiger partial charge in [0.05, 0.1) is 6.10 Å². The Balaban J connectivity index is 3.50. The smallest absolute Gasteiger partial charge is 0.0518 e. The molecule has 86 valence electrons. The minimum atomic E-state index is 0.358. The Bertz CT molecular complexity index is 120. The van der Waals surface area contributed by atoms with Gasteiger partial charge >= 0.3 is 0 Å². The molecule has 0 spiro atoms. The van der Waals surface area contributed by atoms with Crippen LogP contribution in [0.2, 0.25) is 0 Å². The van der Waals surface area contributed by atoms with E-state index in [2.05, 4.69) is 32.3 Å². The molecular weight excluding hydrogens is 194 g/mol. The van der Waals surface area contributed by atoms with Crippen molar-refractivity contribution in [1.82, 2.24) is 5.32 Å². The molecule has 3 heteroatoms. The van der Waals surface area contributed by atoms with Crippen LogP contribution in [0.3, 0.4) is 0 Å².